The molecule has 0 amide bonds. The zero-order valence-corrected chi connectivity index (χ0v) is 17.9. The summed E-state index contributed by atoms with van der Waals surface area (Å²) in [5, 5.41) is 0.815. The Morgan fingerprint density at radius 3 is 2.72 bits per heavy atom. The summed E-state index contributed by atoms with van der Waals surface area (Å²) in [5.41, 5.74) is 2.55. The van der Waals surface area contributed by atoms with Gasteiger partial charge in [-0.1, -0.05) is 24.2 Å². The third-order valence-corrected chi connectivity index (χ3v) is 5.03. The highest BCUT2D eigenvalue weighted by molar-refractivity contribution is 6.30. The number of carbonyl (C=O) groups excluding carboxylic acids is 1. The van der Waals surface area contributed by atoms with Gasteiger partial charge < -0.3 is 9.47 Å². The third kappa shape index (κ3) is 8.26. The van der Waals surface area contributed by atoms with E-state index in [2.05, 4.69) is 40.3 Å². The van der Waals surface area contributed by atoms with E-state index in [1.54, 1.807) is 18.4 Å². The Morgan fingerprint density at radius 2 is 2.07 bits per heavy atom. The van der Waals surface area contributed by atoms with Crippen molar-refractivity contribution in [2.75, 3.05) is 33.4 Å². The average Bonchev–Trinajstić information content (AvgIpc) is 2.71. The number of methoxy groups -OCH3 is 1. The lowest BCUT2D eigenvalue weighted by Crippen LogP contribution is -2.35. The molecular formula is C23H29ClN2O3. The molecule has 0 atom stereocenters. The van der Waals surface area contributed by atoms with Crippen molar-refractivity contribution in [3.63, 3.8) is 0 Å². The van der Waals surface area contributed by atoms with Crippen LogP contribution in [0.25, 0.3) is 0 Å². The summed E-state index contributed by atoms with van der Waals surface area (Å²) >= 11 is 6.21. The van der Waals surface area contributed by atoms with Gasteiger partial charge in [-0.2, -0.15) is 0 Å². The van der Waals surface area contributed by atoms with Gasteiger partial charge in [0, 0.05) is 30.1 Å². The normalized spacial score (nSPS) is 16.4. The molecular weight excluding hydrogens is 388 g/mol. The molecule has 0 aromatic heterocycles. The van der Waals surface area contributed by atoms with E-state index in [9.17, 15) is 4.79 Å². The predicted octanol–water partition coefficient (Wildman–Crippen LogP) is 4.67. The highest BCUT2D eigenvalue weighted by atomic mass is 35.5. The highest BCUT2D eigenvalue weighted by Gasteiger charge is 2.21. The lowest BCUT2D eigenvalue weighted by molar-refractivity contribution is -0.134. The monoisotopic (exact) mass is 416 g/mol. The van der Waals surface area contributed by atoms with Gasteiger partial charge in [-0.25, -0.2) is 4.79 Å². The van der Waals surface area contributed by atoms with Crippen LogP contribution in [0.5, 0.6) is 0 Å². The summed E-state index contributed by atoms with van der Waals surface area (Å²) in [6, 6.07) is 6.33. The Bertz CT molecular complexity index is 758. The second kappa shape index (κ2) is 12.2. The van der Waals surface area contributed by atoms with E-state index >= 15 is 0 Å². The minimum Gasteiger partial charge on any atom is -0.492 e. The molecule has 6 heteroatoms. The number of aliphatic imine (C=N–C) groups is 1. The van der Waals surface area contributed by atoms with Gasteiger partial charge in [0.05, 0.1) is 7.11 Å². The zero-order valence-electron chi connectivity index (χ0n) is 17.1. The number of piperidine rings is 1. The molecule has 156 valence electrons. The van der Waals surface area contributed by atoms with E-state index in [1.165, 1.54) is 30.5 Å². The maximum absolute atomic E-state index is 11.3. The highest BCUT2D eigenvalue weighted by Crippen LogP contribution is 2.30. The first kappa shape index (κ1) is 22.9. The van der Waals surface area contributed by atoms with E-state index in [0.29, 0.717) is 18.3 Å². The van der Waals surface area contributed by atoms with Crippen molar-refractivity contribution in [2.45, 2.75) is 25.7 Å². The van der Waals surface area contributed by atoms with Crippen LogP contribution in [0.15, 0.2) is 60.0 Å². The number of nitrogens with zero attached hydrogens (tertiary/aromatic N) is 2. The first-order chi connectivity index (χ1) is 14.0. The third-order valence-electron chi connectivity index (χ3n) is 4.81. The number of hydrogen-bond acceptors (Lipinski definition) is 5. The van der Waals surface area contributed by atoms with E-state index in [-0.39, 0.29) is 0 Å². The van der Waals surface area contributed by atoms with E-state index in [0.717, 1.165) is 37.5 Å². The Morgan fingerprint density at radius 1 is 1.31 bits per heavy atom. The Kier molecular flexibility index (Phi) is 9.68. The summed E-state index contributed by atoms with van der Waals surface area (Å²) in [7, 11) is 1.34. The number of likely N-dealkylation sites (tertiary alicyclic amines) is 1. The van der Waals surface area contributed by atoms with Gasteiger partial charge >= 0.3 is 5.97 Å². The smallest absolute Gasteiger partial charge is 0.330 e. The summed E-state index contributed by atoms with van der Waals surface area (Å²) in [6.45, 7) is 9.01. The van der Waals surface area contributed by atoms with Crippen LogP contribution in [-0.4, -0.2) is 50.4 Å². The van der Waals surface area contributed by atoms with Crippen molar-refractivity contribution in [1.29, 1.82) is 0 Å². The van der Waals surface area contributed by atoms with Crippen molar-refractivity contribution >= 4 is 23.8 Å². The molecule has 5 nitrogen and oxygen atoms in total. The molecule has 1 aliphatic heterocycles. The molecule has 1 aromatic carbocycles. The number of rotatable bonds is 9. The van der Waals surface area contributed by atoms with E-state index < -0.39 is 5.97 Å². The number of carbonyl (C=O) groups is 1. The van der Waals surface area contributed by atoms with Crippen LogP contribution in [0.1, 0.15) is 29.9 Å². The number of benzene rings is 1. The number of aryl methyl sites for hydroxylation is 1. The second-order valence-corrected chi connectivity index (χ2v) is 7.37. The second-order valence-electron chi connectivity index (χ2n) is 6.93. The number of esters is 1. The van der Waals surface area contributed by atoms with Gasteiger partial charge in [-0.05, 0) is 74.2 Å². The van der Waals surface area contributed by atoms with Crippen LogP contribution < -0.4 is 0 Å². The molecule has 1 fully saturated rings. The maximum Gasteiger partial charge on any atom is 0.330 e. The minimum atomic E-state index is -0.432. The molecule has 0 spiro atoms. The summed E-state index contributed by atoms with van der Waals surface area (Å²) in [6.07, 6.45) is 9.81. The van der Waals surface area contributed by atoms with Crippen molar-refractivity contribution in [2.24, 2.45) is 4.99 Å². The lowest BCUT2D eigenvalue weighted by atomic mass is 9.89. The summed E-state index contributed by atoms with van der Waals surface area (Å²) in [5.74, 6) is 0.668. The van der Waals surface area contributed by atoms with Crippen LogP contribution in [0.2, 0.25) is 5.02 Å². The summed E-state index contributed by atoms with van der Waals surface area (Å²) < 4.78 is 10.4. The van der Waals surface area contributed by atoms with Gasteiger partial charge in [0.1, 0.15) is 12.4 Å². The van der Waals surface area contributed by atoms with Crippen molar-refractivity contribution in [3.8, 4) is 0 Å². The predicted molar refractivity (Wildman–Crippen MR) is 118 cm³/mol. The van der Waals surface area contributed by atoms with Crippen molar-refractivity contribution < 1.29 is 14.3 Å². The summed E-state index contributed by atoms with van der Waals surface area (Å²) in [4.78, 5) is 17.6. The van der Waals surface area contributed by atoms with Gasteiger partial charge in [-0.15, -0.1) is 0 Å². The standard InChI is InChI=1S/C23H29ClN2O3/c1-4-25-10-7-22(5-6-23(27)28-3)29-14-13-26-11-8-19(9-12-26)20-15-18(2)16-21(24)17-20/h4-7,10,15-17,19H,1,8-9,11-14H2,2-3H3/b6-5+,22-7+,25-10?. The molecule has 0 radical (unpaired) electrons. The van der Waals surface area contributed by atoms with Crippen molar-refractivity contribution in [3.05, 3.63) is 71.1 Å². The van der Waals surface area contributed by atoms with Crippen LogP contribution in [-0.2, 0) is 14.3 Å². The molecule has 29 heavy (non-hydrogen) atoms. The van der Waals surface area contributed by atoms with Gasteiger partial charge in [0.2, 0.25) is 0 Å². The van der Waals surface area contributed by atoms with Crippen LogP contribution in [0.3, 0.4) is 0 Å². The molecule has 0 unspecified atom stereocenters. The topological polar surface area (TPSA) is 51.1 Å². The van der Waals surface area contributed by atoms with Gasteiger partial charge in [-0.3, -0.25) is 9.89 Å². The lowest BCUT2D eigenvalue weighted by Gasteiger charge is -2.32. The van der Waals surface area contributed by atoms with Gasteiger partial charge in [0.15, 0.2) is 0 Å². The maximum atomic E-state index is 11.3. The first-order valence-corrected chi connectivity index (χ1v) is 10.1. The fourth-order valence-corrected chi connectivity index (χ4v) is 3.63. The van der Waals surface area contributed by atoms with E-state index in [4.69, 9.17) is 16.3 Å². The molecule has 0 aliphatic carbocycles. The number of allylic oxidation sites excluding steroid dienone is 2. The van der Waals surface area contributed by atoms with Gasteiger partial charge in [0.25, 0.3) is 0 Å². The molecule has 2 rings (SSSR count). The Hall–Kier alpha value is -2.37. The van der Waals surface area contributed by atoms with Crippen LogP contribution >= 0.6 is 11.6 Å². The van der Waals surface area contributed by atoms with Crippen LogP contribution in [0.4, 0.5) is 0 Å². The molecule has 1 aromatic rings. The number of hydrogen-bond donors (Lipinski definition) is 0. The molecule has 1 heterocycles. The number of halogens is 1. The quantitative estimate of drug-likeness (QED) is 0.193. The number of ether oxygens (including phenoxy) is 2. The molecule has 0 bridgehead atoms. The molecule has 1 aliphatic rings. The van der Waals surface area contributed by atoms with Crippen LogP contribution in [0, 0.1) is 6.92 Å². The minimum absolute atomic E-state index is 0.432. The Balaban J connectivity index is 1.82. The van der Waals surface area contributed by atoms with Crippen molar-refractivity contribution in [1.82, 2.24) is 4.90 Å². The largest absolute Gasteiger partial charge is 0.492 e. The molecule has 1 saturated heterocycles. The fourth-order valence-electron chi connectivity index (χ4n) is 3.33. The van der Waals surface area contributed by atoms with E-state index in [1.807, 2.05) is 6.07 Å². The Labute approximate surface area is 178 Å². The first-order valence-electron chi connectivity index (χ1n) is 9.74. The fraction of sp³-hybridized carbons (Fsp3) is 0.391. The molecule has 0 saturated carbocycles. The molecule has 0 N–H and O–H groups in total. The SMILES string of the molecule is C=CN=C/C=C(\C=C\C(=O)OC)OCCN1CCC(c2cc(C)cc(Cl)c2)CC1. The zero-order chi connectivity index (χ0) is 21.1. The average molecular weight is 417 g/mol.